The van der Waals surface area contributed by atoms with E-state index in [1.165, 1.54) is 12.1 Å². The fourth-order valence-corrected chi connectivity index (χ4v) is 3.01. The van der Waals surface area contributed by atoms with Crippen LogP contribution in [0.15, 0.2) is 51.5 Å². The quantitative estimate of drug-likeness (QED) is 0.574. The number of rotatable bonds is 5. The van der Waals surface area contributed by atoms with Crippen LogP contribution < -0.4 is 0 Å². The third kappa shape index (κ3) is 4.43. The second-order valence-electron chi connectivity index (χ2n) is 6.57. The van der Waals surface area contributed by atoms with Crippen molar-refractivity contribution >= 4 is 21.5 Å². The molecule has 6 nitrogen and oxygen atoms in total. The Balaban J connectivity index is 2.42. The van der Waals surface area contributed by atoms with Gasteiger partial charge in [-0.15, -0.1) is 5.11 Å². The Morgan fingerprint density at radius 3 is 2.36 bits per heavy atom. The van der Waals surface area contributed by atoms with Gasteiger partial charge in [-0.3, -0.25) is 4.55 Å². The van der Waals surface area contributed by atoms with Gasteiger partial charge in [0.1, 0.15) is 11.4 Å². The number of hydrogen-bond donors (Lipinski definition) is 2. The molecule has 0 spiro atoms. The van der Waals surface area contributed by atoms with Crippen LogP contribution in [0.25, 0.3) is 0 Å². The molecule has 0 radical (unpaired) electrons. The Hall–Kier alpha value is -2.25. The zero-order chi connectivity index (χ0) is 18.8. The van der Waals surface area contributed by atoms with Crippen LogP contribution in [-0.4, -0.2) is 18.1 Å². The van der Waals surface area contributed by atoms with Gasteiger partial charge < -0.3 is 5.11 Å². The van der Waals surface area contributed by atoms with Crippen molar-refractivity contribution in [3.63, 3.8) is 0 Å². The fraction of sp³-hybridized carbons (Fsp3) is 0.333. The molecule has 0 atom stereocenters. The number of azo groups is 1. The highest BCUT2D eigenvalue weighted by molar-refractivity contribution is 7.85. The summed E-state index contributed by atoms with van der Waals surface area (Å²) >= 11 is 0. The Bertz CT molecular complexity index is 919. The average molecular weight is 362 g/mol. The monoisotopic (exact) mass is 362 g/mol. The molecule has 7 heteroatoms. The summed E-state index contributed by atoms with van der Waals surface area (Å²) in [5.41, 5.74) is 1.92. The van der Waals surface area contributed by atoms with Crippen LogP contribution in [0.4, 0.5) is 11.4 Å². The molecule has 0 saturated heterocycles. The van der Waals surface area contributed by atoms with E-state index in [-0.39, 0.29) is 21.7 Å². The van der Waals surface area contributed by atoms with Crippen molar-refractivity contribution in [3.05, 3.63) is 47.5 Å². The molecule has 2 aromatic rings. The van der Waals surface area contributed by atoms with Crippen molar-refractivity contribution in [2.24, 2.45) is 10.2 Å². The highest BCUT2D eigenvalue weighted by atomic mass is 32.2. The fourth-order valence-electron chi connectivity index (χ4n) is 2.27. The lowest BCUT2D eigenvalue weighted by molar-refractivity contribution is 0.472. The SMILES string of the molecule is CCC(C)(C)c1ccc(O)c(N=Nc2ccc(C)c(S(=O)(=O)O)c2)c1. The normalized spacial score (nSPS) is 12.7. The number of hydrogen-bond acceptors (Lipinski definition) is 5. The second kappa shape index (κ2) is 6.93. The van der Waals surface area contributed by atoms with Gasteiger partial charge in [-0.25, -0.2) is 0 Å². The average Bonchev–Trinajstić information content (AvgIpc) is 2.54. The van der Waals surface area contributed by atoms with Crippen molar-refractivity contribution in [2.45, 2.75) is 44.4 Å². The molecule has 134 valence electrons. The number of aromatic hydroxyl groups is 1. The summed E-state index contributed by atoms with van der Waals surface area (Å²) in [5.74, 6) is -0.0125. The maximum atomic E-state index is 11.4. The molecule has 0 saturated carbocycles. The maximum Gasteiger partial charge on any atom is 0.294 e. The van der Waals surface area contributed by atoms with Gasteiger partial charge in [-0.05, 0) is 54.2 Å². The van der Waals surface area contributed by atoms with Gasteiger partial charge in [0.25, 0.3) is 10.1 Å². The first-order valence-corrected chi connectivity index (χ1v) is 9.32. The smallest absolute Gasteiger partial charge is 0.294 e. The number of nitrogens with zero attached hydrogens (tertiary/aromatic N) is 2. The molecule has 2 rings (SSSR count). The third-order valence-corrected chi connectivity index (χ3v) is 5.36. The van der Waals surface area contributed by atoms with E-state index in [4.69, 9.17) is 0 Å². The van der Waals surface area contributed by atoms with Gasteiger partial charge in [0.05, 0.1) is 10.6 Å². The van der Waals surface area contributed by atoms with Crippen LogP contribution in [0.1, 0.15) is 38.3 Å². The minimum atomic E-state index is -4.33. The lowest BCUT2D eigenvalue weighted by atomic mass is 9.82. The minimum Gasteiger partial charge on any atom is -0.506 e. The second-order valence-corrected chi connectivity index (χ2v) is 7.96. The molecule has 0 bridgehead atoms. The van der Waals surface area contributed by atoms with Gasteiger partial charge in [0.2, 0.25) is 0 Å². The van der Waals surface area contributed by atoms with E-state index >= 15 is 0 Å². The Labute approximate surface area is 148 Å². The van der Waals surface area contributed by atoms with Crippen LogP contribution in [0, 0.1) is 6.92 Å². The van der Waals surface area contributed by atoms with E-state index in [0.29, 0.717) is 11.3 Å². The topological polar surface area (TPSA) is 99.3 Å². The summed E-state index contributed by atoms with van der Waals surface area (Å²) in [6.07, 6.45) is 0.921. The largest absolute Gasteiger partial charge is 0.506 e. The number of benzene rings is 2. The molecule has 0 aliphatic heterocycles. The van der Waals surface area contributed by atoms with E-state index in [2.05, 4.69) is 31.0 Å². The van der Waals surface area contributed by atoms with Crippen molar-refractivity contribution in [2.75, 3.05) is 0 Å². The first-order valence-electron chi connectivity index (χ1n) is 7.88. The van der Waals surface area contributed by atoms with E-state index in [9.17, 15) is 18.1 Å². The Morgan fingerprint density at radius 2 is 1.76 bits per heavy atom. The van der Waals surface area contributed by atoms with Crippen LogP contribution in [0.3, 0.4) is 0 Å². The number of phenolic OH excluding ortho intramolecular Hbond substituents is 1. The summed E-state index contributed by atoms with van der Waals surface area (Å²) in [6, 6.07) is 9.55. The molecule has 0 amide bonds. The zero-order valence-electron chi connectivity index (χ0n) is 14.7. The van der Waals surface area contributed by atoms with Gasteiger partial charge in [-0.1, -0.05) is 32.9 Å². The zero-order valence-corrected chi connectivity index (χ0v) is 15.5. The first kappa shape index (κ1) is 19.1. The molecular weight excluding hydrogens is 340 g/mol. The van der Waals surface area contributed by atoms with E-state index < -0.39 is 10.1 Å². The molecular formula is C18H22N2O4S. The number of phenols is 1. The van der Waals surface area contributed by atoms with Crippen LogP contribution >= 0.6 is 0 Å². The van der Waals surface area contributed by atoms with Crippen molar-refractivity contribution in [3.8, 4) is 5.75 Å². The molecule has 2 N–H and O–H groups in total. The molecule has 0 aliphatic rings. The first-order chi connectivity index (χ1) is 11.5. The van der Waals surface area contributed by atoms with E-state index in [1.54, 1.807) is 25.1 Å². The van der Waals surface area contributed by atoms with E-state index in [0.717, 1.165) is 12.0 Å². The molecule has 0 aliphatic carbocycles. The molecule has 0 fully saturated rings. The lowest BCUT2D eigenvalue weighted by Gasteiger charge is -2.23. The van der Waals surface area contributed by atoms with Gasteiger partial charge in [-0.2, -0.15) is 13.5 Å². The Morgan fingerprint density at radius 1 is 1.08 bits per heavy atom. The molecule has 0 heterocycles. The molecule has 2 aromatic carbocycles. The standard InChI is InChI=1S/C18H22N2O4S/c1-5-18(3,4)13-7-9-16(21)15(10-13)20-19-14-8-6-12(2)17(11-14)25(22,23)24/h6-11,21H,5H2,1-4H3,(H,22,23,24). The highest BCUT2D eigenvalue weighted by Crippen LogP contribution is 2.35. The highest BCUT2D eigenvalue weighted by Gasteiger charge is 2.19. The third-order valence-electron chi connectivity index (χ3n) is 4.36. The summed E-state index contributed by atoms with van der Waals surface area (Å²) in [6.45, 7) is 7.85. The molecule has 0 aromatic heterocycles. The summed E-state index contributed by atoms with van der Waals surface area (Å²) in [5, 5.41) is 18.0. The van der Waals surface area contributed by atoms with Crippen molar-refractivity contribution in [1.82, 2.24) is 0 Å². The molecule has 0 unspecified atom stereocenters. The van der Waals surface area contributed by atoms with Gasteiger partial charge >= 0.3 is 0 Å². The number of aryl methyl sites for hydroxylation is 1. The van der Waals surface area contributed by atoms with Gasteiger partial charge in [0.15, 0.2) is 0 Å². The van der Waals surface area contributed by atoms with Crippen LogP contribution in [0.2, 0.25) is 0 Å². The summed E-state index contributed by atoms with van der Waals surface area (Å²) in [4.78, 5) is -0.214. The van der Waals surface area contributed by atoms with Gasteiger partial charge in [0, 0.05) is 0 Å². The minimum absolute atomic E-state index is 0.0125. The van der Waals surface area contributed by atoms with Crippen molar-refractivity contribution < 1.29 is 18.1 Å². The summed E-state index contributed by atoms with van der Waals surface area (Å²) in [7, 11) is -4.33. The predicted molar refractivity (Wildman–Crippen MR) is 96.6 cm³/mol. The Kier molecular flexibility index (Phi) is 5.29. The predicted octanol–water partition coefficient (Wildman–Crippen LogP) is 5.05. The maximum absolute atomic E-state index is 11.4. The van der Waals surface area contributed by atoms with Crippen LogP contribution in [-0.2, 0) is 15.5 Å². The summed E-state index contributed by atoms with van der Waals surface area (Å²) < 4.78 is 32.0. The molecule has 25 heavy (non-hydrogen) atoms. The van der Waals surface area contributed by atoms with Crippen molar-refractivity contribution in [1.29, 1.82) is 0 Å². The van der Waals surface area contributed by atoms with E-state index in [1.807, 2.05) is 6.07 Å². The van der Waals surface area contributed by atoms with Crippen LogP contribution in [0.5, 0.6) is 5.75 Å². The lowest BCUT2D eigenvalue weighted by Crippen LogP contribution is -2.14.